The minimum Gasteiger partial charge on any atom is -0.497 e. The molecule has 0 unspecified atom stereocenters. The number of carbonyl (C=O) groups is 2. The molecule has 0 saturated heterocycles. The summed E-state index contributed by atoms with van der Waals surface area (Å²) < 4.78 is 16.8. The largest absolute Gasteiger partial charge is 0.497 e. The number of hydrazone groups is 1. The number of halogens is 1. The fraction of sp³-hybridized carbons (Fsp3) is 0.125. The molecule has 0 radical (unpaired) electrons. The van der Waals surface area contributed by atoms with Crippen molar-refractivity contribution in [2.75, 3.05) is 26.1 Å². The topological polar surface area (TPSA) is 98.3 Å². The standard InChI is InChI=1S/C24H22BrN3O5/c1-31-19-7-5-6-16(13-19)24(30)28-26-14-17-12-18(25)10-11-21(17)33-15-23(29)27-20-8-3-4-9-22(20)32-2/h3-14H,15H2,1-2H3,(H,27,29)(H,28,30)/b26-14+. The normalized spacial score (nSPS) is 10.5. The number of anilines is 1. The van der Waals surface area contributed by atoms with E-state index >= 15 is 0 Å². The van der Waals surface area contributed by atoms with Crippen molar-refractivity contribution < 1.29 is 23.8 Å². The SMILES string of the molecule is COc1cccc(C(=O)N/N=C/c2cc(Br)ccc2OCC(=O)Nc2ccccc2OC)c1. The van der Waals surface area contributed by atoms with Crippen LogP contribution in [-0.2, 0) is 4.79 Å². The van der Waals surface area contributed by atoms with Crippen LogP contribution in [0.5, 0.6) is 17.2 Å². The number of rotatable bonds is 9. The maximum Gasteiger partial charge on any atom is 0.271 e. The molecular weight excluding hydrogens is 490 g/mol. The Hall–Kier alpha value is -3.85. The predicted molar refractivity (Wildman–Crippen MR) is 129 cm³/mol. The lowest BCUT2D eigenvalue weighted by molar-refractivity contribution is -0.118. The van der Waals surface area contributed by atoms with Gasteiger partial charge in [-0.1, -0.05) is 34.1 Å². The summed E-state index contributed by atoms with van der Waals surface area (Å²) in [5, 5.41) is 6.76. The zero-order chi connectivity index (χ0) is 23.6. The first-order valence-corrected chi connectivity index (χ1v) is 10.6. The number of nitrogens with zero attached hydrogens (tertiary/aromatic N) is 1. The second-order valence-corrected chi connectivity index (χ2v) is 7.57. The number of amides is 2. The number of methoxy groups -OCH3 is 2. The second-order valence-electron chi connectivity index (χ2n) is 6.65. The van der Waals surface area contributed by atoms with E-state index in [0.717, 1.165) is 4.47 Å². The van der Waals surface area contributed by atoms with Gasteiger partial charge in [0.25, 0.3) is 11.8 Å². The summed E-state index contributed by atoms with van der Waals surface area (Å²) in [6, 6.07) is 19.1. The van der Waals surface area contributed by atoms with Crippen LogP contribution in [0.1, 0.15) is 15.9 Å². The van der Waals surface area contributed by atoms with Crippen LogP contribution in [0, 0.1) is 0 Å². The van der Waals surface area contributed by atoms with Gasteiger partial charge in [-0.3, -0.25) is 9.59 Å². The molecule has 0 saturated carbocycles. The highest BCUT2D eigenvalue weighted by Gasteiger charge is 2.10. The lowest BCUT2D eigenvalue weighted by Crippen LogP contribution is -2.21. The summed E-state index contributed by atoms with van der Waals surface area (Å²) in [5.74, 6) is 0.804. The molecule has 0 bridgehead atoms. The monoisotopic (exact) mass is 511 g/mol. The lowest BCUT2D eigenvalue weighted by atomic mass is 10.2. The smallest absolute Gasteiger partial charge is 0.271 e. The van der Waals surface area contributed by atoms with Crippen molar-refractivity contribution in [3.63, 3.8) is 0 Å². The number of hydrogen-bond donors (Lipinski definition) is 2. The van der Waals surface area contributed by atoms with Crippen molar-refractivity contribution in [1.29, 1.82) is 0 Å². The fourth-order valence-corrected chi connectivity index (χ4v) is 3.20. The third-order valence-corrected chi connectivity index (χ3v) is 4.91. The first-order valence-electron chi connectivity index (χ1n) is 9.83. The molecule has 3 aromatic carbocycles. The molecule has 0 heterocycles. The Kier molecular flexibility index (Phi) is 8.43. The molecule has 170 valence electrons. The number of nitrogens with one attached hydrogen (secondary N) is 2. The highest BCUT2D eigenvalue weighted by molar-refractivity contribution is 9.10. The van der Waals surface area contributed by atoms with Crippen LogP contribution in [0.4, 0.5) is 5.69 Å². The van der Waals surface area contributed by atoms with Crippen LogP contribution in [0.2, 0.25) is 0 Å². The van der Waals surface area contributed by atoms with Crippen molar-refractivity contribution in [2.24, 2.45) is 5.10 Å². The fourth-order valence-electron chi connectivity index (χ4n) is 2.82. The van der Waals surface area contributed by atoms with Crippen LogP contribution in [0.3, 0.4) is 0 Å². The zero-order valence-corrected chi connectivity index (χ0v) is 19.6. The molecule has 33 heavy (non-hydrogen) atoms. The maximum atomic E-state index is 12.3. The number of carbonyl (C=O) groups excluding carboxylic acids is 2. The summed E-state index contributed by atoms with van der Waals surface area (Å²) in [6.45, 7) is -0.226. The Balaban J connectivity index is 1.63. The molecule has 0 aliphatic rings. The first kappa shape index (κ1) is 23.8. The van der Waals surface area contributed by atoms with Crippen molar-refractivity contribution in [3.8, 4) is 17.2 Å². The molecular formula is C24H22BrN3O5. The van der Waals surface area contributed by atoms with Crippen molar-refractivity contribution in [3.05, 3.63) is 82.3 Å². The number of benzene rings is 3. The summed E-state index contributed by atoms with van der Waals surface area (Å²) in [6.07, 6.45) is 1.44. The van der Waals surface area contributed by atoms with E-state index < -0.39 is 0 Å². The quantitative estimate of drug-likeness (QED) is 0.330. The Morgan fingerprint density at radius 3 is 2.58 bits per heavy atom. The average molecular weight is 512 g/mol. The second kappa shape index (κ2) is 11.7. The van der Waals surface area contributed by atoms with E-state index in [-0.39, 0.29) is 18.4 Å². The van der Waals surface area contributed by atoms with E-state index in [0.29, 0.717) is 34.1 Å². The Labute approximate surface area is 199 Å². The summed E-state index contributed by atoms with van der Waals surface area (Å²) >= 11 is 3.40. The average Bonchev–Trinajstić information content (AvgIpc) is 2.83. The van der Waals surface area contributed by atoms with Gasteiger partial charge in [0.2, 0.25) is 0 Å². The van der Waals surface area contributed by atoms with Crippen LogP contribution >= 0.6 is 15.9 Å². The summed E-state index contributed by atoms with van der Waals surface area (Å²) in [7, 11) is 3.06. The van der Waals surface area contributed by atoms with Gasteiger partial charge in [-0.25, -0.2) is 5.43 Å². The maximum absolute atomic E-state index is 12.3. The first-order chi connectivity index (χ1) is 16.0. The van der Waals surface area contributed by atoms with Gasteiger partial charge in [-0.15, -0.1) is 0 Å². The van der Waals surface area contributed by atoms with E-state index in [4.69, 9.17) is 14.2 Å². The molecule has 3 aromatic rings. The van der Waals surface area contributed by atoms with E-state index in [9.17, 15) is 9.59 Å². The number of hydrogen-bond acceptors (Lipinski definition) is 6. The molecule has 0 fully saturated rings. The molecule has 8 nitrogen and oxygen atoms in total. The minimum atomic E-state index is -0.390. The lowest BCUT2D eigenvalue weighted by Gasteiger charge is -2.12. The van der Waals surface area contributed by atoms with E-state index in [1.165, 1.54) is 20.4 Å². The highest BCUT2D eigenvalue weighted by Crippen LogP contribution is 2.24. The predicted octanol–water partition coefficient (Wildman–Crippen LogP) is 4.25. The van der Waals surface area contributed by atoms with Gasteiger partial charge in [0.1, 0.15) is 17.2 Å². The van der Waals surface area contributed by atoms with Crippen LogP contribution in [0.25, 0.3) is 0 Å². The molecule has 9 heteroatoms. The van der Waals surface area contributed by atoms with Gasteiger partial charge in [-0.05, 0) is 48.5 Å². The molecule has 0 atom stereocenters. The zero-order valence-electron chi connectivity index (χ0n) is 18.0. The molecule has 0 aliphatic heterocycles. The van der Waals surface area contributed by atoms with Gasteiger partial charge in [-0.2, -0.15) is 5.10 Å². The van der Waals surface area contributed by atoms with Gasteiger partial charge in [0.15, 0.2) is 6.61 Å². The molecule has 2 N–H and O–H groups in total. The minimum absolute atomic E-state index is 0.226. The molecule has 0 spiro atoms. The van der Waals surface area contributed by atoms with Crippen molar-refractivity contribution in [1.82, 2.24) is 5.43 Å². The van der Waals surface area contributed by atoms with E-state index in [1.807, 2.05) is 6.07 Å². The van der Waals surface area contributed by atoms with Gasteiger partial charge in [0, 0.05) is 15.6 Å². The third-order valence-electron chi connectivity index (χ3n) is 4.41. The number of para-hydroxylation sites is 2. The molecule has 0 aliphatic carbocycles. The van der Waals surface area contributed by atoms with E-state index in [2.05, 4.69) is 31.8 Å². The Morgan fingerprint density at radius 1 is 0.970 bits per heavy atom. The summed E-state index contributed by atoms with van der Waals surface area (Å²) in [5.41, 5.74) is 3.99. The van der Waals surface area contributed by atoms with Crippen molar-refractivity contribution in [2.45, 2.75) is 0 Å². The molecule has 2 amide bonds. The molecule has 3 rings (SSSR count). The van der Waals surface area contributed by atoms with Crippen LogP contribution in [-0.4, -0.2) is 38.9 Å². The summed E-state index contributed by atoms with van der Waals surface area (Å²) in [4.78, 5) is 24.7. The highest BCUT2D eigenvalue weighted by atomic mass is 79.9. The van der Waals surface area contributed by atoms with Crippen LogP contribution in [0.15, 0.2) is 76.3 Å². The van der Waals surface area contributed by atoms with E-state index in [1.54, 1.807) is 60.7 Å². The Morgan fingerprint density at radius 2 is 1.79 bits per heavy atom. The van der Waals surface area contributed by atoms with Crippen molar-refractivity contribution >= 4 is 39.6 Å². The number of ether oxygens (including phenoxy) is 3. The van der Waals surface area contributed by atoms with Gasteiger partial charge >= 0.3 is 0 Å². The molecule has 0 aromatic heterocycles. The van der Waals surface area contributed by atoms with Crippen LogP contribution < -0.4 is 25.0 Å². The third kappa shape index (κ3) is 6.81. The van der Waals surface area contributed by atoms with Gasteiger partial charge in [0.05, 0.1) is 26.1 Å². The Bertz CT molecular complexity index is 1170. The van der Waals surface area contributed by atoms with Gasteiger partial charge < -0.3 is 19.5 Å².